The van der Waals surface area contributed by atoms with Crippen molar-refractivity contribution in [2.45, 2.75) is 0 Å². The Balaban J connectivity index is 0. The molecular weight excluding hydrogens is 164 g/mol. The van der Waals surface area contributed by atoms with Crippen LogP contribution in [0.2, 0.25) is 0 Å². The second-order valence-electron chi connectivity index (χ2n) is 0.916. The molecule has 0 aliphatic rings. The number of rotatable bonds is 0. The molecule has 0 amide bonds. The first kappa shape index (κ1) is 11.8. The van der Waals surface area contributed by atoms with Gasteiger partial charge in [0.05, 0.1) is 0 Å². The fourth-order valence-electron chi connectivity index (χ4n) is 0.0747. The lowest BCUT2D eigenvalue weighted by Gasteiger charge is -1.84. The number of ether oxygens (including phenoxy) is 1. The van der Waals surface area contributed by atoms with Crippen molar-refractivity contribution in [2.24, 2.45) is 0 Å². The fraction of sp³-hybridized carbons (Fsp3) is 0. The van der Waals surface area contributed by atoms with Gasteiger partial charge in [0, 0.05) is 0 Å². The molecule has 0 saturated carbocycles. The van der Waals surface area contributed by atoms with Crippen LogP contribution in [-0.4, -0.2) is 38.9 Å². The molecule has 0 rings (SSSR count). The van der Waals surface area contributed by atoms with Gasteiger partial charge in [-0.1, -0.05) is 0 Å². The molecule has 0 radical (unpaired) electrons. The van der Waals surface area contributed by atoms with Gasteiger partial charge >= 0.3 is 18.5 Å². The molecular formula is C3H4O8. The van der Waals surface area contributed by atoms with Crippen molar-refractivity contribution < 1.29 is 39.5 Å². The number of carboxylic acid groups (broad SMARTS) is 4. The second kappa shape index (κ2) is 6.13. The normalized spacial score (nSPS) is 6.91. The van der Waals surface area contributed by atoms with Crippen LogP contribution in [0.1, 0.15) is 0 Å². The molecule has 0 aromatic carbocycles. The van der Waals surface area contributed by atoms with Crippen LogP contribution < -0.4 is 0 Å². The zero-order chi connectivity index (χ0) is 9.44. The van der Waals surface area contributed by atoms with Gasteiger partial charge in [0.15, 0.2) is 0 Å². The van der Waals surface area contributed by atoms with E-state index in [1.807, 2.05) is 0 Å². The first-order valence-electron chi connectivity index (χ1n) is 1.92. The number of carbonyl (C=O) groups is 3. The summed E-state index contributed by atoms with van der Waals surface area (Å²) in [6.45, 7) is 0. The summed E-state index contributed by atoms with van der Waals surface area (Å²) in [6.07, 6.45) is -5.46. The molecule has 11 heavy (non-hydrogen) atoms. The second-order valence-corrected chi connectivity index (χ2v) is 0.916. The van der Waals surface area contributed by atoms with Crippen LogP contribution in [-0.2, 0) is 4.74 Å². The Kier molecular flexibility index (Phi) is 6.56. The summed E-state index contributed by atoms with van der Waals surface area (Å²) < 4.78 is 3.08. The highest BCUT2D eigenvalue weighted by atomic mass is 16.7. The summed E-state index contributed by atoms with van der Waals surface area (Å²) in [6, 6.07) is 0. The number of hydrogen-bond acceptors (Lipinski definition) is 4. The van der Waals surface area contributed by atoms with Gasteiger partial charge in [-0.25, -0.2) is 14.4 Å². The Labute approximate surface area is 59.3 Å². The van der Waals surface area contributed by atoms with Crippen LogP contribution >= 0.6 is 0 Å². The molecule has 0 saturated heterocycles. The molecule has 64 valence electrons. The first-order chi connectivity index (χ1) is 4.86. The highest BCUT2D eigenvalue weighted by Gasteiger charge is 2.01. The molecule has 0 spiro atoms. The maximum Gasteiger partial charge on any atom is 0.516 e. The van der Waals surface area contributed by atoms with Crippen molar-refractivity contribution in [3.8, 4) is 0 Å². The average molecular weight is 168 g/mol. The van der Waals surface area contributed by atoms with Crippen molar-refractivity contribution in [3.05, 3.63) is 0 Å². The standard InChI is InChI=1S/C2H2O5.CH2O3/c3-1(4)7-2(5)6;2-1(3)4/h(H,3,4)(H,5,6);(H2,2,3,4). The Morgan fingerprint density at radius 3 is 1.00 bits per heavy atom. The Bertz CT molecular complexity index is 143. The van der Waals surface area contributed by atoms with Crippen LogP contribution in [0.3, 0.4) is 0 Å². The SMILES string of the molecule is O=C(O)O.O=C(O)OC(=O)O. The van der Waals surface area contributed by atoms with Gasteiger partial charge in [0.1, 0.15) is 0 Å². The minimum Gasteiger partial charge on any atom is -0.450 e. The third-order valence-electron chi connectivity index (χ3n) is 0.175. The van der Waals surface area contributed by atoms with Crippen molar-refractivity contribution in [3.63, 3.8) is 0 Å². The minimum absolute atomic E-state index is 1.81. The van der Waals surface area contributed by atoms with Crippen LogP contribution in [0.15, 0.2) is 0 Å². The predicted octanol–water partition coefficient (Wildman–Crippen LogP) is 0.581. The summed E-state index contributed by atoms with van der Waals surface area (Å²) in [7, 11) is 0. The van der Waals surface area contributed by atoms with Gasteiger partial charge in [0.2, 0.25) is 0 Å². The smallest absolute Gasteiger partial charge is 0.450 e. The van der Waals surface area contributed by atoms with Crippen molar-refractivity contribution >= 4 is 18.5 Å². The summed E-state index contributed by atoms with van der Waals surface area (Å²) in [5, 5.41) is 28.9. The quantitative estimate of drug-likeness (QED) is 0.304. The van der Waals surface area contributed by atoms with Crippen LogP contribution in [0.25, 0.3) is 0 Å². The van der Waals surface area contributed by atoms with Gasteiger partial charge in [-0.3, -0.25) is 0 Å². The first-order valence-corrected chi connectivity index (χ1v) is 1.92. The maximum absolute atomic E-state index is 9.21. The molecule has 0 aliphatic carbocycles. The average Bonchev–Trinajstić information content (AvgIpc) is 1.56. The molecule has 0 aromatic heterocycles. The van der Waals surface area contributed by atoms with Crippen molar-refractivity contribution in [2.75, 3.05) is 0 Å². The van der Waals surface area contributed by atoms with Crippen molar-refractivity contribution in [1.29, 1.82) is 0 Å². The molecule has 8 nitrogen and oxygen atoms in total. The van der Waals surface area contributed by atoms with E-state index in [4.69, 9.17) is 25.2 Å². The van der Waals surface area contributed by atoms with Crippen LogP contribution in [0.5, 0.6) is 0 Å². The van der Waals surface area contributed by atoms with Gasteiger partial charge in [-0.15, -0.1) is 0 Å². The van der Waals surface area contributed by atoms with E-state index in [1.165, 1.54) is 0 Å². The summed E-state index contributed by atoms with van der Waals surface area (Å²) >= 11 is 0. The minimum atomic E-state index is -1.83. The Morgan fingerprint density at radius 1 is 0.818 bits per heavy atom. The highest BCUT2D eigenvalue weighted by Crippen LogP contribution is 1.73. The zero-order valence-corrected chi connectivity index (χ0v) is 4.92. The molecule has 0 heterocycles. The lowest BCUT2D eigenvalue weighted by molar-refractivity contribution is 0.0801. The van der Waals surface area contributed by atoms with E-state index < -0.39 is 18.5 Å². The van der Waals surface area contributed by atoms with Gasteiger partial charge in [-0.2, -0.15) is 0 Å². The summed E-state index contributed by atoms with van der Waals surface area (Å²) in [4.78, 5) is 27.0. The van der Waals surface area contributed by atoms with Gasteiger partial charge < -0.3 is 25.2 Å². The van der Waals surface area contributed by atoms with Crippen LogP contribution in [0.4, 0.5) is 14.4 Å². The monoisotopic (exact) mass is 168 g/mol. The van der Waals surface area contributed by atoms with Gasteiger partial charge in [-0.05, 0) is 0 Å². The molecule has 0 bridgehead atoms. The van der Waals surface area contributed by atoms with E-state index in [1.54, 1.807) is 0 Å². The Hall–Kier alpha value is -1.99. The molecule has 0 atom stereocenters. The topological polar surface area (TPSA) is 141 Å². The van der Waals surface area contributed by atoms with E-state index in [0.29, 0.717) is 0 Å². The molecule has 0 aromatic rings. The molecule has 8 heteroatoms. The van der Waals surface area contributed by atoms with E-state index in [9.17, 15) is 9.59 Å². The molecule has 0 unspecified atom stereocenters. The summed E-state index contributed by atoms with van der Waals surface area (Å²) in [5.74, 6) is 0. The lowest BCUT2D eigenvalue weighted by atomic mass is 11.3. The van der Waals surface area contributed by atoms with E-state index in [2.05, 4.69) is 4.74 Å². The molecule has 0 aliphatic heterocycles. The lowest BCUT2D eigenvalue weighted by Crippen LogP contribution is -2.05. The fourth-order valence-corrected chi connectivity index (χ4v) is 0.0747. The predicted molar refractivity (Wildman–Crippen MR) is 27.8 cm³/mol. The van der Waals surface area contributed by atoms with E-state index >= 15 is 0 Å². The zero-order valence-electron chi connectivity index (χ0n) is 4.92. The van der Waals surface area contributed by atoms with Crippen molar-refractivity contribution in [1.82, 2.24) is 0 Å². The van der Waals surface area contributed by atoms with E-state index in [0.717, 1.165) is 0 Å². The Morgan fingerprint density at radius 2 is 1.00 bits per heavy atom. The largest absolute Gasteiger partial charge is 0.516 e. The molecule has 0 fully saturated rings. The highest BCUT2D eigenvalue weighted by molar-refractivity contribution is 5.74. The van der Waals surface area contributed by atoms with E-state index in [-0.39, 0.29) is 0 Å². The maximum atomic E-state index is 9.21. The van der Waals surface area contributed by atoms with Crippen LogP contribution in [0, 0.1) is 0 Å². The third-order valence-corrected chi connectivity index (χ3v) is 0.175. The third kappa shape index (κ3) is 71.6. The number of hydrogen-bond donors (Lipinski definition) is 4. The van der Waals surface area contributed by atoms with Gasteiger partial charge in [0.25, 0.3) is 0 Å². The molecule has 4 N–H and O–H groups in total. The summed E-state index contributed by atoms with van der Waals surface area (Å²) in [5.41, 5.74) is 0.